The monoisotopic (exact) mass is 134 g/mol. The zero-order valence-electron chi connectivity index (χ0n) is 3.01. The SMILES string of the molecule is CS(=O)(=O)Cl.F. The topological polar surface area (TPSA) is 34.1 Å². The number of hydrogen-bond donors (Lipinski definition) is 0. The van der Waals surface area contributed by atoms with Gasteiger partial charge in [-0.25, -0.2) is 8.42 Å². The first-order valence-corrected chi connectivity index (χ1v) is 3.61. The van der Waals surface area contributed by atoms with E-state index in [0.29, 0.717) is 0 Å². The Kier molecular flexibility index (Phi) is 3.73. The average molecular weight is 135 g/mol. The molecule has 2 nitrogen and oxygen atoms in total. The van der Waals surface area contributed by atoms with Crippen molar-refractivity contribution >= 4 is 19.7 Å². The van der Waals surface area contributed by atoms with Gasteiger partial charge in [0.05, 0.1) is 6.26 Å². The van der Waals surface area contributed by atoms with Crippen molar-refractivity contribution in [1.82, 2.24) is 0 Å². The van der Waals surface area contributed by atoms with Crippen LogP contribution in [0.5, 0.6) is 0 Å². The van der Waals surface area contributed by atoms with Crippen molar-refractivity contribution in [3.05, 3.63) is 0 Å². The number of halogens is 2. The fourth-order valence-corrected chi connectivity index (χ4v) is 0. The first-order valence-electron chi connectivity index (χ1n) is 0.896. The van der Waals surface area contributed by atoms with Crippen molar-refractivity contribution in [1.29, 1.82) is 0 Å². The maximum atomic E-state index is 9.40. The Morgan fingerprint density at radius 3 is 1.50 bits per heavy atom. The van der Waals surface area contributed by atoms with E-state index in [1.807, 2.05) is 0 Å². The molecule has 0 fully saturated rings. The third kappa shape index (κ3) is 1450. The van der Waals surface area contributed by atoms with Crippen molar-refractivity contribution in [3.63, 3.8) is 0 Å². The third-order valence-corrected chi connectivity index (χ3v) is 0. The molecule has 0 radical (unpaired) electrons. The molecular formula is CH4ClFO2S. The van der Waals surface area contributed by atoms with Crippen LogP contribution in [0.1, 0.15) is 0 Å². The Bertz CT molecular complexity index is 96.7. The summed E-state index contributed by atoms with van der Waals surface area (Å²) < 4.78 is 18.8. The lowest BCUT2D eigenvalue weighted by Gasteiger charge is -1.65. The van der Waals surface area contributed by atoms with Gasteiger partial charge in [0.1, 0.15) is 0 Å². The van der Waals surface area contributed by atoms with Crippen molar-refractivity contribution in [2.24, 2.45) is 0 Å². The molecular weight excluding hydrogens is 131 g/mol. The number of hydrogen-bond acceptors (Lipinski definition) is 2. The minimum absolute atomic E-state index is 0. The zero-order chi connectivity index (χ0) is 4.50. The molecule has 0 rings (SSSR count). The van der Waals surface area contributed by atoms with Crippen LogP contribution in [0.25, 0.3) is 0 Å². The largest absolute Gasteiger partial charge is 0.269 e. The summed E-state index contributed by atoms with van der Waals surface area (Å²) in [5.41, 5.74) is 0. The van der Waals surface area contributed by atoms with Crippen LogP contribution in [0, 0.1) is 0 Å². The van der Waals surface area contributed by atoms with Crippen LogP contribution in [0.3, 0.4) is 0 Å². The fraction of sp³-hybridized carbons (Fsp3) is 1.00. The van der Waals surface area contributed by atoms with Gasteiger partial charge >= 0.3 is 0 Å². The summed E-state index contributed by atoms with van der Waals surface area (Å²) in [6, 6.07) is 0. The molecule has 0 heterocycles. The molecule has 0 aliphatic rings. The molecule has 0 spiro atoms. The molecule has 0 bridgehead atoms. The van der Waals surface area contributed by atoms with E-state index in [1.165, 1.54) is 0 Å². The van der Waals surface area contributed by atoms with Crippen LogP contribution in [-0.2, 0) is 9.05 Å². The van der Waals surface area contributed by atoms with Gasteiger partial charge in [-0.15, -0.1) is 0 Å². The number of rotatable bonds is 0. The van der Waals surface area contributed by atoms with Gasteiger partial charge in [-0.2, -0.15) is 0 Å². The highest BCUT2D eigenvalue weighted by Crippen LogP contribution is 1.83. The van der Waals surface area contributed by atoms with Gasteiger partial charge in [0.15, 0.2) is 0 Å². The fourth-order valence-electron chi connectivity index (χ4n) is 0. The predicted molar refractivity (Wildman–Crippen MR) is 23.2 cm³/mol. The molecule has 5 heteroatoms. The summed E-state index contributed by atoms with van der Waals surface area (Å²) in [5.74, 6) is 0. The predicted octanol–water partition coefficient (Wildman–Crippen LogP) is 0.337. The molecule has 0 aromatic carbocycles. The van der Waals surface area contributed by atoms with Gasteiger partial charge in [-0.1, -0.05) is 0 Å². The lowest BCUT2D eigenvalue weighted by Crippen LogP contribution is -1.76. The van der Waals surface area contributed by atoms with Crippen molar-refractivity contribution < 1.29 is 13.1 Å². The molecule has 0 aliphatic carbocycles. The summed E-state index contributed by atoms with van der Waals surface area (Å²) >= 11 is 0. The first kappa shape index (κ1) is 9.48. The zero-order valence-corrected chi connectivity index (χ0v) is 4.58. The lowest BCUT2D eigenvalue weighted by molar-refractivity contribution is 0.615. The molecule has 0 amide bonds. The van der Waals surface area contributed by atoms with E-state index < -0.39 is 9.05 Å². The van der Waals surface area contributed by atoms with E-state index in [0.717, 1.165) is 6.26 Å². The second-order valence-corrected chi connectivity index (χ2v) is 3.73. The highest BCUT2D eigenvalue weighted by Gasteiger charge is 1.83. The van der Waals surface area contributed by atoms with Crippen LogP contribution in [0.2, 0.25) is 0 Å². The van der Waals surface area contributed by atoms with Crippen LogP contribution in [0.4, 0.5) is 4.70 Å². The molecule has 0 saturated heterocycles. The van der Waals surface area contributed by atoms with Crippen molar-refractivity contribution in [2.75, 3.05) is 6.26 Å². The van der Waals surface area contributed by atoms with Crippen LogP contribution in [0.15, 0.2) is 0 Å². The molecule has 0 atom stereocenters. The van der Waals surface area contributed by atoms with Crippen molar-refractivity contribution in [2.45, 2.75) is 0 Å². The highest BCUT2D eigenvalue weighted by molar-refractivity contribution is 8.13. The maximum absolute atomic E-state index is 9.40. The average Bonchev–Trinajstić information content (AvgIpc) is 0.722. The van der Waals surface area contributed by atoms with E-state index in [2.05, 4.69) is 10.7 Å². The Balaban J connectivity index is 0. The van der Waals surface area contributed by atoms with Gasteiger partial charge in [-0.3, -0.25) is 4.70 Å². The molecule has 6 heavy (non-hydrogen) atoms. The van der Waals surface area contributed by atoms with Crippen LogP contribution in [-0.4, -0.2) is 14.7 Å². The Morgan fingerprint density at radius 1 is 1.50 bits per heavy atom. The smallest absolute Gasteiger partial charge is 0.229 e. The minimum Gasteiger partial charge on any atom is -0.269 e. The van der Waals surface area contributed by atoms with Crippen LogP contribution >= 0.6 is 10.7 Å². The van der Waals surface area contributed by atoms with E-state index in [4.69, 9.17) is 0 Å². The summed E-state index contributed by atoms with van der Waals surface area (Å²) in [4.78, 5) is 0. The van der Waals surface area contributed by atoms with E-state index >= 15 is 0 Å². The standard InChI is InChI=1S/CH3ClO2S.FH/c1-5(2,3)4;/h1H3;1H. The summed E-state index contributed by atoms with van der Waals surface area (Å²) in [6.07, 6.45) is 0.925. The lowest BCUT2D eigenvalue weighted by atomic mass is 12.0. The third-order valence-electron chi connectivity index (χ3n) is 0. The second-order valence-electron chi connectivity index (χ2n) is 0.682. The van der Waals surface area contributed by atoms with E-state index in [-0.39, 0.29) is 4.70 Å². The second kappa shape index (κ2) is 2.36. The molecule has 0 aromatic rings. The van der Waals surface area contributed by atoms with Gasteiger partial charge in [0.25, 0.3) is 0 Å². The molecule has 40 valence electrons. The highest BCUT2D eigenvalue weighted by atomic mass is 35.7. The molecule has 0 saturated carbocycles. The van der Waals surface area contributed by atoms with Gasteiger partial charge in [-0.05, 0) is 0 Å². The molecule has 0 N–H and O–H groups in total. The van der Waals surface area contributed by atoms with Gasteiger partial charge in [0, 0.05) is 10.7 Å². The Morgan fingerprint density at radius 2 is 1.50 bits per heavy atom. The summed E-state index contributed by atoms with van der Waals surface area (Å²) in [6.45, 7) is 0. The molecule has 0 unspecified atom stereocenters. The Hall–Kier alpha value is 0.170. The Labute approximate surface area is 39.9 Å². The maximum Gasteiger partial charge on any atom is 0.229 e. The molecule has 0 aromatic heterocycles. The van der Waals surface area contributed by atoms with Gasteiger partial charge in [0.2, 0.25) is 9.05 Å². The van der Waals surface area contributed by atoms with Gasteiger partial charge < -0.3 is 0 Å². The normalized spacial score (nSPS) is 9.67. The summed E-state index contributed by atoms with van der Waals surface area (Å²) in [5, 5.41) is 0. The van der Waals surface area contributed by atoms with E-state index in [1.54, 1.807) is 0 Å². The van der Waals surface area contributed by atoms with E-state index in [9.17, 15) is 8.42 Å². The minimum atomic E-state index is -3.19. The quantitative estimate of drug-likeness (QED) is 0.448. The molecule has 0 aliphatic heterocycles. The first-order chi connectivity index (χ1) is 2.00. The van der Waals surface area contributed by atoms with Crippen LogP contribution < -0.4 is 0 Å². The van der Waals surface area contributed by atoms with Crippen molar-refractivity contribution in [3.8, 4) is 0 Å². The summed E-state index contributed by atoms with van der Waals surface area (Å²) in [7, 11) is 1.31.